The quantitative estimate of drug-likeness (QED) is 0.642. The number of nitrogens with one attached hydrogen (secondary N) is 1. The molecule has 1 rings (SSSR count). The predicted molar refractivity (Wildman–Crippen MR) is 55.5 cm³/mol. The van der Waals surface area contributed by atoms with Gasteiger partial charge >= 0.3 is 5.97 Å². The minimum atomic E-state index is -1.08. The van der Waals surface area contributed by atoms with Crippen LogP contribution in [0.15, 0.2) is 0 Å². The Labute approximate surface area is 89.4 Å². The molecule has 5 heteroatoms. The second kappa shape index (κ2) is 5.70. The monoisotopic (exact) mass is 214 g/mol. The highest BCUT2D eigenvalue weighted by molar-refractivity contribution is 5.93. The Balaban J connectivity index is 2.18. The fraction of sp³-hybridized carbons (Fsp3) is 0.800. The summed E-state index contributed by atoms with van der Waals surface area (Å²) in [5, 5.41) is 11.1. The van der Waals surface area contributed by atoms with E-state index in [4.69, 9.17) is 5.11 Å². The van der Waals surface area contributed by atoms with E-state index in [2.05, 4.69) is 17.3 Å². The van der Waals surface area contributed by atoms with E-state index in [1.165, 1.54) is 0 Å². The Kier molecular flexibility index (Phi) is 4.55. The third-order valence-electron chi connectivity index (χ3n) is 2.62. The van der Waals surface area contributed by atoms with Gasteiger partial charge in [0.15, 0.2) is 0 Å². The van der Waals surface area contributed by atoms with Crippen LogP contribution in [0.3, 0.4) is 0 Å². The number of hydrogen-bond acceptors (Lipinski definition) is 3. The van der Waals surface area contributed by atoms with Crippen molar-refractivity contribution in [1.82, 2.24) is 10.2 Å². The zero-order valence-corrected chi connectivity index (χ0v) is 9.03. The number of rotatable bonds is 4. The number of amides is 1. The predicted octanol–water partition coefficient (Wildman–Crippen LogP) is -0.0809. The Morgan fingerprint density at radius 3 is 2.87 bits per heavy atom. The number of hydrogen-bond donors (Lipinski definition) is 2. The van der Waals surface area contributed by atoms with Crippen molar-refractivity contribution in [2.45, 2.75) is 19.3 Å². The van der Waals surface area contributed by atoms with E-state index in [-0.39, 0.29) is 0 Å². The number of piperidine rings is 1. The van der Waals surface area contributed by atoms with Crippen molar-refractivity contribution in [2.75, 3.05) is 26.7 Å². The Morgan fingerprint density at radius 1 is 1.53 bits per heavy atom. The van der Waals surface area contributed by atoms with Crippen LogP contribution in [0.5, 0.6) is 0 Å². The Morgan fingerprint density at radius 2 is 2.27 bits per heavy atom. The standard InChI is InChI=1S/C10H18N2O3/c1-12-4-2-3-8(7-12)6-11-9(13)5-10(14)15/h8H,2-7H2,1H3,(H,11,13)(H,14,15). The molecule has 1 saturated heterocycles. The van der Waals surface area contributed by atoms with Crippen molar-refractivity contribution in [3.63, 3.8) is 0 Å². The van der Waals surface area contributed by atoms with Crippen molar-refractivity contribution in [1.29, 1.82) is 0 Å². The van der Waals surface area contributed by atoms with Gasteiger partial charge in [0.2, 0.25) is 5.91 Å². The normalized spacial score (nSPS) is 22.3. The molecule has 1 amide bonds. The Hall–Kier alpha value is -1.10. The molecule has 15 heavy (non-hydrogen) atoms. The highest BCUT2D eigenvalue weighted by Gasteiger charge is 2.18. The first-order valence-corrected chi connectivity index (χ1v) is 5.25. The van der Waals surface area contributed by atoms with Crippen LogP contribution in [-0.4, -0.2) is 48.6 Å². The molecule has 2 N–H and O–H groups in total. The molecule has 0 aromatic rings. The zero-order chi connectivity index (χ0) is 11.3. The van der Waals surface area contributed by atoms with E-state index in [1.807, 2.05) is 0 Å². The molecule has 1 fully saturated rings. The minimum Gasteiger partial charge on any atom is -0.481 e. The maximum Gasteiger partial charge on any atom is 0.312 e. The summed E-state index contributed by atoms with van der Waals surface area (Å²) in [7, 11) is 2.06. The molecule has 0 saturated carbocycles. The lowest BCUT2D eigenvalue weighted by atomic mass is 9.98. The van der Waals surface area contributed by atoms with Crippen LogP contribution in [-0.2, 0) is 9.59 Å². The number of nitrogens with zero attached hydrogens (tertiary/aromatic N) is 1. The molecular formula is C10H18N2O3. The maximum absolute atomic E-state index is 11.1. The van der Waals surface area contributed by atoms with Crippen molar-refractivity contribution >= 4 is 11.9 Å². The molecule has 1 atom stereocenters. The van der Waals surface area contributed by atoms with E-state index < -0.39 is 18.3 Å². The molecule has 1 heterocycles. The molecule has 0 bridgehead atoms. The van der Waals surface area contributed by atoms with E-state index in [0.717, 1.165) is 25.9 Å². The lowest BCUT2D eigenvalue weighted by Gasteiger charge is -2.29. The van der Waals surface area contributed by atoms with Gasteiger partial charge in [-0.3, -0.25) is 9.59 Å². The number of carbonyl (C=O) groups excluding carboxylic acids is 1. The lowest BCUT2D eigenvalue weighted by molar-refractivity contribution is -0.140. The van der Waals surface area contributed by atoms with Gasteiger partial charge in [-0.1, -0.05) is 0 Å². The topological polar surface area (TPSA) is 69.6 Å². The van der Waals surface area contributed by atoms with Crippen LogP contribution < -0.4 is 5.32 Å². The van der Waals surface area contributed by atoms with Gasteiger partial charge in [0.25, 0.3) is 0 Å². The number of carbonyl (C=O) groups is 2. The van der Waals surface area contributed by atoms with Gasteiger partial charge in [-0.2, -0.15) is 0 Å². The van der Waals surface area contributed by atoms with E-state index >= 15 is 0 Å². The summed E-state index contributed by atoms with van der Waals surface area (Å²) < 4.78 is 0. The van der Waals surface area contributed by atoms with Gasteiger partial charge in [-0.25, -0.2) is 0 Å². The van der Waals surface area contributed by atoms with Crippen LogP contribution in [0.2, 0.25) is 0 Å². The highest BCUT2D eigenvalue weighted by Crippen LogP contribution is 2.13. The summed E-state index contributed by atoms with van der Waals surface area (Å²) in [5.41, 5.74) is 0. The van der Waals surface area contributed by atoms with E-state index in [9.17, 15) is 9.59 Å². The highest BCUT2D eigenvalue weighted by atomic mass is 16.4. The molecule has 1 unspecified atom stereocenters. The number of aliphatic carboxylic acids is 1. The van der Waals surface area contributed by atoms with Crippen LogP contribution >= 0.6 is 0 Å². The molecular weight excluding hydrogens is 196 g/mol. The summed E-state index contributed by atoms with van der Waals surface area (Å²) in [6.45, 7) is 2.68. The first kappa shape index (κ1) is 12.0. The van der Waals surface area contributed by atoms with Gasteiger partial charge in [0.05, 0.1) is 0 Å². The molecule has 0 aromatic carbocycles. The third kappa shape index (κ3) is 4.78. The lowest BCUT2D eigenvalue weighted by Crippen LogP contribution is -2.39. The number of carboxylic acids is 1. The summed E-state index contributed by atoms with van der Waals surface area (Å²) in [5.74, 6) is -1.01. The van der Waals surface area contributed by atoms with Crippen molar-refractivity contribution < 1.29 is 14.7 Å². The van der Waals surface area contributed by atoms with Crippen LogP contribution in [0.1, 0.15) is 19.3 Å². The van der Waals surface area contributed by atoms with Crippen LogP contribution in [0.25, 0.3) is 0 Å². The molecule has 0 aliphatic carbocycles. The summed E-state index contributed by atoms with van der Waals surface area (Å²) in [6, 6.07) is 0. The van der Waals surface area contributed by atoms with Gasteiger partial charge in [0.1, 0.15) is 6.42 Å². The van der Waals surface area contributed by atoms with Gasteiger partial charge in [-0.05, 0) is 32.4 Å². The van der Waals surface area contributed by atoms with E-state index in [1.54, 1.807) is 0 Å². The average molecular weight is 214 g/mol. The fourth-order valence-corrected chi connectivity index (χ4v) is 1.90. The van der Waals surface area contributed by atoms with Gasteiger partial charge < -0.3 is 15.3 Å². The minimum absolute atomic E-state index is 0.393. The fourth-order valence-electron chi connectivity index (χ4n) is 1.90. The van der Waals surface area contributed by atoms with Gasteiger partial charge in [0, 0.05) is 13.1 Å². The first-order valence-electron chi connectivity index (χ1n) is 5.25. The van der Waals surface area contributed by atoms with Crippen molar-refractivity contribution in [3.8, 4) is 0 Å². The van der Waals surface area contributed by atoms with Crippen molar-refractivity contribution in [3.05, 3.63) is 0 Å². The maximum atomic E-state index is 11.1. The molecule has 0 radical (unpaired) electrons. The summed E-state index contributed by atoms with van der Waals surface area (Å²) >= 11 is 0. The SMILES string of the molecule is CN1CCCC(CNC(=O)CC(=O)O)C1. The third-order valence-corrected chi connectivity index (χ3v) is 2.62. The molecule has 1 aliphatic rings. The average Bonchev–Trinajstić information content (AvgIpc) is 2.14. The molecule has 0 aromatic heterocycles. The largest absolute Gasteiger partial charge is 0.481 e. The summed E-state index contributed by atoms with van der Waals surface area (Å²) in [4.78, 5) is 23.5. The Bertz CT molecular complexity index is 243. The number of likely N-dealkylation sites (tertiary alicyclic amines) is 1. The molecule has 1 aliphatic heterocycles. The first-order chi connectivity index (χ1) is 7.08. The summed E-state index contributed by atoms with van der Waals surface area (Å²) in [6.07, 6.45) is 1.83. The van der Waals surface area contributed by atoms with Crippen LogP contribution in [0, 0.1) is 5.92 Å². The van der Waals surface area contributed by atoms with E-state index in [0.29, 0.717) is 12.5 Å². The van der Waals surface area contributed by atoms with Crippen LogP contribution in [0.4, 0.5) is 0 Å². The van der Waals surface area contributed by atoms with Crippen molar-refractivity contribution in [2.24, 2.45) is 5.92 Å². The molecule has 0 spiro atoms. The molecule has 86 valence electrons. The number of carboxylic acid groups (broad SMARTS) is 1. The molecule has 5 nitrogen and oxygen atoms in total. The second-order valence-corrected chi connectivity index (χ2v) is 4.15. The van der Waals surface area contributed by atoms with Gasteiger partial charge in [-0.15, -0.1) is 0 Å². The second-order valence-electron chi connectivity index (χ2n) is 4.15. The zero-order valence-electron chi connectivity index (χ0n) is 9.03. The smallest absolute Gasteiger partial charge is 0.312 e.